The molecule has 4 nitrogen and oxygen atoms in total. The highest BCUT2D eigenvalue weighted by molar-refractivity contribution is 5.77. The molecule has 0 radical (unpaired) electrons. The lowest BCUT2D eigenvalue weighted by Crippen LogP contribution is -2.51. The molecule has 0 aromatic heterocycles. The number of nitrogens with zero attached hydrogens (tertiary/aromatic N) is 1. The van der Waals surface area contributed by atoms with Crippen LogP contribution in [-0.2, 0) is 9.53 Å². The van der Waals surface area contributed by atoms with Gasteiger partial charge in [-0.25, -0.2) is 0 Å². The number of hydrogen-bond acceptors (Lipinski definition) is 3. The van der Waals surface area contributed by atoms with Crippen LogP contribution < -0.4 is 5.73 Å². The van der Waals surface area contributed by atoms with Gasteiger partial charge in [-0.2, -0.15) is 0 Å². The van der Waals surface area contributed by atoms with Crippen molar-refractivity contribution in [2.24, 2.45) is 28.9 Å². The molecule has 4 bridgehead atoms. The zero-order valence-corrected chi connectivity index (χ0v) is 12.6. The third-order valence-corrected chi connectivity index (χ3v) is 5.65. The Morgan fingerprint density at radius 3 is 2.25 bits per heavy atom. The molecule has 4 fully saturated rings. The molecule has 0 atom stereocenters. The molecule has 0 heterocycles. The predicted octanol–water partition coefficient (Wildman–Crippen LogP) is 1.64. The highest BCUT2D eigenvalue weighted by Gasteiger charge is 2.51. The van der Waals surface area contributed by atoms with Crippen LogP contribution in [0.1, 0.15) is 38.5 Å². The van der Waals surface area contributed by atoms with Crippen LogP contribution in [0.15, 0.2) is 0 Å². The fraction of sp³-hybridized carbons (Fsp3) is 0.938. The SMILES string of the molecule is CN(CC12CC3CC(CC(C3)C1)C2)C(=O)COCCN. The van der Waals surface area contributed by atoms with E-state index in [1.165, 1.54) is 38.5 Å². The van der Waals surface area contributed by atoms with E-state index in [4.69, 9.17) is 10.5 Å². The summed E-state index contributed by atoms with van der Waals surface area (Å²) < 4.78 is 5.27. The predicted molar refractivity (Wildman–Crippen MR) is 78.1 cm³/mol. The Kier molecular flexibility index (Phi) is 4.04. The van der Waals surface area contributed by atoms with E-state index < -0.39 is 0 Å². The molecule has 4 rings (SSSR count). The molecule has 2 N–H and O–H groups in total. The lowest BCUT2D eigenvalue weighted by atomic mass is 9.49. The molecule has 20 heavy (non-hydrogen) atoms. The summed E-state index contributed by atoms with van der Waals surface area (Å²) in [7, 11) is 1.94. The van der Waals surface area contributed by atoms with Crippen molar-refractivity contribution in [2.45, 2.75) is 38.5 Å². The average molecular weight is 280 g/mol. The topological polar surface area (TPSA) is 55.6 Å². The van der Waals surface area contributed by atoms with Crippen LogP contribution in [0.4, 0.5) is 0 Å². The smallest absolute Gasteiger partial charge is 0.248 e. The van der Waals surface area contributed by atoms with Crippen LogP contribution in [0.3, 0.4) is 0 Å². The van der Waals surface area contributed by atoms with Crippen LogP contribution in [0.25, 0.3) is 0 Å². The van der Waals surface area contributed by atoms with Gasteiger partial charge in [0.05, 0.1) is 6.61 Å². The van der Waals surface area contributed by atoms with E-state index in [2.05, 4.69) is 0 Å². The van der Waals surface area contributed by atoms with Crippen molar-refractivity contribution in [1.29, 1.82) is 0 Å². The minimum absolute atomic E-state index is 0.106. The van der Waals surface area contributed by atoms with Gasteiger partial charge in [-0.05, 0) is 61.7 Å². The minimum atomic E-state index is 0.106. The van der Waals surface area contributed by atoms with Gasteiger partial charge in [0, 0.05) is 20.1 Å². The van der Waals surface area contributed by atoms with Gasteiger partial charge >= 0.3 is 0 Å². The van der Waals surface area contributed by atoms with E-state index in [9.17, 15) is 4.79 Å². The molecule has 0 aliphatic heterocycles. The fourth-order valence-electron chi connectivity index (χ4n) is 5.43. The summed E-state index contributed by atoms with van der Waals surface area (Å²) >= 11 is 0. The molecule has 0 saturated heterocycles. The summed E-state index contributed by atoms with van der Waals surface area (Å²) in [5, 5.41) is 0. The molecule has 1 amide bonds. The summed E-state index contributed by atoms with van der Waals surface area (Å²) in [6, 6.07) is 0. The second kappa shape index (κ2) is 5.64. The summed E-state index contributed by atoms with van der Waals surface area (Å²) in [6.07, 6.45) is 8.41. The first-order valence-corrected chi connectivity index (χ1v) is 8.12. The van der Waals surface area contributed by atoms with Crippen LogP contribution in [0.2, 0.25) is 0 Å². The van der Waals surface area contributed by atoms with Gasteiger partial charge in [0.2, 0.25) is 5.91 Å². The van der Waals surface area contributed by atoms with E-state index >= 15 is 0 Å². The Morgan fingerprint density at radius 2 is 1.75 bits per heavy atom. The molecule has 0 unspecified atom stereocenters. The lowest BCUT2D eigenvalue weighted by molar-refractivity contribution is -0.140. The molecule has 0 aromatic rings. The third kappa shape index (κ3) is 2.86. The van der Waals surface area contributed by atoms with E-state index in [0.717, 1.165) is 24.3 Å². The monoisotopic (exact) mass is 280 g/mol. The van der Waals surface area contributed by atoms with Gasteiger partial charge in [0.25, 0.3) is 0 Å². The number of rotatable bonds is 6. The van der Waals surface area contributed by atoms with Gasteiger partial charge in [-0.1, -0.05) is 0 Å². The van der Waals surface area contributed by atoms with Gasteiger partial charge in [-0.3, -0.25) is 4.79 Å². The minimum Gasteiger partial charge on any atom is -0.370 e. The molecule has 4 saturated carbocycles. The van der Waals surface area contributed by atoms with Crippen LogP contribution >= 0.6 is 0 Å². The number of carbonyl (C=O) groups excluding carboxylic acids is 1. The first-order chi connectivity index (χ1) is 9.60. The standard InChI is InChI=1S/C16H28N2O2/c1-18(15(19)10-20-3-2-17)11-16-7-12-4-13(8-16)6-14(5-12)9-16/h12-14H,2-11,17H2,1H3. The van der Waals surface area contributed by atoms with Gasteiger partial charge < -0.3 is 15.4 Å². The number of carbonyl (C=O) groups is 1. The highest BCUT2D eigenvalue weighted by atomic mass is 16.5. The lowest BCUT2D eigenvalue weighted by Gasteiger charge is -2.57. The van der Waals surface area contributed by atoms with E-state index in [0.29, 0.717) is 18.6 Å². The Labute approximate surface area is 122 Å². The van der Waals surface area contributed by atoms with E-state index in [-0.39, 0.29) is 12.5 Å². The number of nitrogens with two attached hydrogens (primary N) is 1. The first-order valence-electron chi connectivity index (χ1n) is 8.12. The Hall–Kier alpha value is -0.610. The highest BCUT2D eigenvalue weighted by Crippen LogP contribution is 2.60. The van der Waals surface area contributed by atoms with Crippen LogP contribution in [-0.4, -0.2) is 44.2 Å². The molecule has 4 heteroatoms. The molecule has 4 aliphatic rings. The van der Waals surface area contributed by atoms with Crippen LogP contribution in [0.5, 0.6) is 0 Å². The normalized spacial score (nSPS) is 38.2. The zero-order valence-electron chi connectivity index (χ0n) is 12.6. The number of amides is 1. The number of hydrogen-bond donors (Lipinski definition) is 1. The zero-order chi connectivity index (χ0) is 14.2. The van der Waals surface area contributed by atoms with Crippen molar-refractivity contribution >= 4 is 5.91 Å². The summed E-state index contributed by atoms with van der Waals surface area (Å²) in [5.74, 6) is 2.93. The quantitative estimate of drug-likeness (QED) is 0.753. The van der Waals surface area contributed by atoms with Gasteiger partial charge in [-0.15, -0.1) is 0 Å². The second-order valence-electron chi connectivity index (χ2n) is 7.51. The van der Waals surface area contributed by atoms with Gasteiger partial charge in [0.15, 0.2) is 0 Å². The molecule has 4 aliphatic carbocycles. The summed E-state index contributed by atoms with van der Waals surface area (Å²) in [4.78, 5) is 14.0. The summed E-state index contributed by atoms with van der Waals surface area (Å²) in [5.41, 5.74) is 5.80. The average Bonchev–Trinajstić information content (AvgIpc) is 2.36. The van der Waals surface area contributed by atoms with Crippen molar-refractivity contribution in [2.75, 3.05) is 33.4 Å². The maximum absolute atomic E-state index is 12.1. The first kappa shape index (κ1) is 14.3. The fourth-order valence-corrected chi connectivity index (χ4v) is 5.43. The van der Waals surface area contributed by atoms with E-state index in [1.54, 1.807) is 0 Å². The Morgan fingerprint density at radius 1 is 1.20 bits per heavy atom. The molecular formula is C16H28N2O2. The van der Waals surface area contributed by atoms with Crippen molar-refractivity contribution in [1.82, 2.24) is 4.90 Å². The van der Waals surface area contributed by atoms with Crippen molar-refractivity contribution in [3.05, 3.63) is 0 Å². The second-order valence-corrected chi connectivity index (χ2v) is 7.51. The van der Waals surface area contributed by atoms with Crippen LogP contribution in [0, 0.1) is 23.2 Å². The van der Waals surface area contributed by atoms with Crippen molar-refractivity contribution in [3.8, 4) is 0 Å². The molecular weight excluding hydrogens is 252 g/mol. The Bertz CT molecular complexity index is 334. The maximum atomic E-state index is 12.1. The summed E-state index contributed by atoms with van der Waals surface area (Å²) in [6.45, 7) is 2.06. The van der Waals surface area contributed by atoms with E-state index in [1.807, 2.05) is 11.9 Å². The molecule has 114 valence electrons. The number of ether oxygens (including phenoxy) is 1. The molecule has 0 spiro atoms. The molecule has 0 aromatic carbocycles. The van der Waals surface area contributed by atoms with Crippen molar-refractivity contribution < 1.29 is 9.53 Å². The maximum Gasteiger partial charge on any atom is 0.248 e. The number of likely N-dealkylation sites (N-methyl/N-ethyl adjacent to an activating group) is 1. The third-order valence-electron chi connectivity index (χ3n) is 5.65. The van der Waals surface area contributed by atoms with Crippen molar-refractivity contribution in [3.63, 3.8) is 0 Å². The largest absolute Gasteiger partial charge is 0.370 e. The van der Waals surface area contributed by atoms with Gasteiger partial charge in [0.1, 0.15) is 6.61 Å². The Balaban J connectivity index is 1.55.